The van der Waals surface area contributed by atoms with Gasteiger partial charge in [0.05, 0.1) is 6.61 Å². The minimum absolute atomic E-state index is 0. The summed E-state index contributed by atoms with van der Waals surface area (Å²) < 4.78 is 5.30. The molecule has 0 saturated heterocycles. The first-order valence-electron chi connectivity index (χ1n) is 4.96. The number of ether oxygens (including phenoxy) is 1. The van der Waals surface area contributed by atoms with Crippen LogP contribution < -0.4 is 5.32 Å². The van der Waals surface area contributed by atoms with E-state index in [0.29, 0.717) is 5.41 Å². The second-order valence-electron chi connectivity index (χ2n) is 4.02. The number of halogens is 1. The van der Waals surface area contributed by atoms with Crippen LogP contribution in [0.15, 0.2) is 0 Å². The highest BCUT2D eigenvalue weighted by Gasteiger charge is 2.30. The highest BCUT2D eigenvalue weighted by molar-refractivity contribution is 5.85. The summed E-state index contributed by atoms with van der Waals surface area (Å²) in [6.45, 7) is 2.04. The van der Waals surface area contributed by atoms with Crippen LogP contribution in [0.1, 0.15) is 32.1 Å². The van der Waals surface area contributed by atoms with Crippen LogP contribution in [-0.4, -0.2) is 27.3 Å². The molecule has 80 valence electrons. The lowest BCUT2D eigenvalue weighted by atomic mass is 9.74. The van der Waals surface area contributed by atoms with E-state index in [0.717, 1.165) is 13.2 Å². The van der Waals surface area contributed by atoms with Crippen molar-refractivity contribution in [1.82, 2.24) is 5.32 Å². The lowest BCUT2D eigenvalue weighted by molar-refractivity contribution is 0.0499. The third kappa shape index (κ3) is 3.84. The molecule has 0 radical (unpaired) electrons. The van der Waals surface area contributed by atoms with Crippen LogP contribution in [0.5, 0.6) is 0 Å². The summed E-state index contributed by atoms with van der Waals surface area (Å²) in [5.41, 5.74) is 0.446. The minimum atomic E-state index is 0. The molecule has 1 rings (SSSR count). The van der Waals surface area contributed by atoms with E-state index in [9.17, 15) is 0 Å². The van der Waals surface area contributed by atoms with Crippen molar-refractivity contribution in [3.63, 3.8) is 0 Å². The first-order valence-corrected chi connectivity index (χ1v) is 4.96. The minimum Gasteiger partial charge on any atom is -0.384 e. The average Bonchev–Trinajstić information content (AvgIpc) is 2.07. The maximum absolute atomic E-state index is 5.30. The number of hydrogen-bond donors (Lipinski definition) is 1. The lowest BCUT2D eigenvalue weighted by Gasteiger charge is -2.36. The van der Waals surface area contributed by atoms with Gasteiger partial charge in [-0.1, -0.05) is 19.3 Å². The summed E-state index contributed by atoms with van der Waals surface area (Å²) in [5.74, 6) is 0. The Hall–Kier alpha value is 0.210. The van der Waals surface area contributed by atoms with Gasteiger partial charge in [-0.05, 0) is 19.9 Å². The largest absolute Gasteiger partial charge is 0.384 e. The molecule has 3 heteroatoms. The van der Waals surface area contributed by atoms with E-state index < -0.39 is 0 Å². The Labute approximate surface area is 87.8 Å². The normalized spacial score (nSPS) is 20.8. The second kappa shape index (κ2) is 6.63. The summed E-state index contributed by atoms with van der Waals surface area (Å²) in [5, 5.41) is 3.28. The van der Waals surface area contributed by atoms with Crippen LogP contribution in [0.2, 0.25) is 0 Å². The molecule has 1 aliphatic rings. The maximum Gasteiger partial charge on any atom is 0.0530 e. The quantitative estimate of drug-likeness (QED) is 0.764. The Bertz CT molecular complexity index is 109. The van der Waals surface area contributed by atoms with Crippen LogP contribution in [0.4, 0.5) is 0 Å². The van der Waals surface area contributed by atoms with E-state index in [1.807, 2.05) is 14.2 Å². The molecule has 0 atom stereocenters. The van der Waals surface area contributed by atoms with E-state index in [4.69, 9.17) is 4.74 Å². The summed E-state index contributed by atoms with van der Waals surface area (Å²) in [4.78, 5) is 0. The Balaban J connectivity index is 0.00000144. The predicted molar refractivity (Wildman–Crippen MR) is 58.6 cm³/mol. The van der Waals surface area contributed by atoms with Crippen LogP contribution in [0.3, 0.4) is 0 Å². The van der Waals surface area contributed by atoms with Crippen molar-refractivity contribution in [2.45, 2.75) is 32.1 Å². The highest BCUT2D eigenvalue weighted by atomic mass is 35.5. The molecule has 1 fully saturated rings. The molecule has 0 amide bonds. The molecule has 1 aliphatic carbocycles. The first-order chi connectivity index (χ1) is 5.83. The molecule has 0 spiro atoms. The topological polar surface area (TPSA) is 21.3 Å². The zero-order chi connectivity index (χ0) is 8.86. The molecule has 0 aromatic carbocycles. The molecule has 13 heavy (non-hydrogen) atoms. The van der Waals surface area contributed by atoms with E-state index in [1.54, 1.807) is 0 Å². The van der Waals surface area contributed by atoms with Crippen LogP contribution in [0.25, 0.3) is 0 Å². The Morgan fingerprint density at radius 1 is 1.23 bits per heavy atom. The van der Waals surface area contributed by atoms with Crippen LogP contribution in [-0.2, 0) is 4.74 Å². The van der Waals surface area contributed by atoms with Gasteiger partial charge in [-0.15, -0.1) is 12.4 Å². The molecule has 0 bridgehead atoms. The SMILES string of the molecule is CNCC1(COC)CCCCC1.Cl. The molecule has 2 nitrogen and oxygen atoms in total. The number of hydrogen-bond acceptors (Lipinski definition) is 2. The van der Waals surface area contributed by atoms with Crippen molar-refractivity contribution in [2.24, 2.45) is 5.41 Å². The maximum atomic E-state index is 5.30. The fraction of sp³-hybridized carbons (Fsp3) is 1.00. The molecule has 1 saturated carbocycles. The van der Waals surface area contributed by atoms with Gasteiger partial charge < -0.3 is 10.1 Å². The summed E-state index contributed by atoms with van der Waals surface area (Å²) in [7, 11) is 3.85. The molecule has 1 N–H and O–H groups in total. The molecular weight excluding hydrogens is 186 g/mol. The van der Waals surface area contributed by atoms with E-state index >= 15 is 0 Å². The molecule has 0 aliphatic heterocycles. The van der Waals surface area contributed by atoms with Gasteiger partial charge in [-0.3, -0.25) is 0 Å². The molecule has 0 heterocycles. The summed E-state index contributed by atoms with van der Waals surface area (Å²) in [6.07, 6.45) is 6.84. The van der Waals surface area contributed by atoms with Gasteiger partial charge in [0.1, 0.15) is 0 Å². The predicted octanol–water partition coefficient (Wildman–Crippen LogP) is 2.22. The van der Waals surface area contributed by atoms with Crippen LogP contribution >= 0.6 is 12.4 Å². The van der Waals surface area contributed by atoms with Crippen molar-refractivity contribution >= 4 is 12.4 Å². The van der Waals surface area contributed by atoms with Gasteiger partial charge in [0.2, 0.25) is 0 Å². The molecule has 0 unspecified atom stereocenters. The second-order valence-corrected chi connectivity index (χ2v) is 4.02. The van der Waals surface area contributed by atoms with Crippen molar-refractivity contribution < 1.29 is 4.74 Å². The van der Waals surface area contributed by atoms with Crippen molar-refractivity contribution in [3.8, 4) is 0 Å². The number of nitrogens with one attached hydrogen (secondary N) is 1. The number of methoxy groups -OCH3 is 1. The van der Waals surface area contributed by atoms with Gasteiger partial charge in [-0.2, -0.15) is 0 Å². The lowest BCUT2D eigenvalue weighted by Crippen LogP contribution is -2.38. The van der Waals surface area contributed by atoms with E-state index in [2.05, 4.69) is 5.32 Å². The van der Waals surface area contributed by atoms with Gasteiger partial charge in [0.25, 0.3) is 0 Å². The fourth-order valence-corrected chi connectivity index (χ4v) is 2.36. The molecule has 0 aromatic heterocycles. The number of rotatable bonds is 4. The smallest absolute Gasteiger partial charge is 0.0530 e. The molecule has 0 aromatic rings. The fourth-order valence-electron chi connectivity index (χ4n) is 2.36. The van der Waals surface area contributed by atoms with Crippen molar-refractivity contribution in [1.29, 1.82) is 0 Å². The van der Waals surface area contributed by atoms with E-state index in [1.165, 1.54) is 32.1 Å². The van der Waals surface area contributed by atoms with Gasteiger partial charge >= 0.3 is 0 Å². The monoisotopic (exact) mass is 207 g/mol. The summed E-state index contributed by atoms with van der Waals surface area (Å²) in [6, 6.07) is 0. The zero-order valence-electron chi connectivity index (χ0n) is 8.77. The highest BCUT2D eigenvalue weighted by Crippen LogP contribution is 2.35. The standard InChI is InChI=1S/C10H21NO.ClH/c1-11-8-10(9-12-2)6-4-3-5-7-10;/h11H,3-9H2,1-2H3;1H. The van der Waals surface area contributed by atoms with Crippen molar-refractivity contribution in [3.05, 3.63) is 0 Å². The van der Waals surface area contributed by atoms with Gasteiger partial charge in [-0.25, -0.2) is 0 Å². The molecular formula is C10H22ClNO. The van der Waals surface area contributed by atoms with Crippen molar-refractivity contribution in [2.75, 3.05) is 27.3 Å². The third-order valence-electron chi connectivity index (χ3n) is 2.92. The Morgan fingerprint density at radius 3 is 2.31 bits per heavy atom. The Kier molecular flexibility index (Phi) is 6.74. The zero-order valence-corrected chi connectivity index (χ0v) is 9.58. The third-order valence-corrected chi connectivity index (χ3v) is 2.92. The van der Waals surface area contributed by atoms with Gasteiger partial charge in [0, 0.05) is 19.1 Å². The first kappa shape index (κ1) is 13.2. The van der Waals surface area contributed by atoms with Crippen LogP contribution in [0, 0.1) is 5.41 Å². The summed E-state index contributed by atoms with van der Waals surface area (Å²) >= 11 is 0. The van der Waals surface area contributed by atoms with E-state index in [-0.39, 0.29) is 12.4 Å². The van der Waals surface area contributed by atoms with Gasteiger partial charge in [0.15, 0.2) is 0 Å². The Morgan fingerprint density at radius 2 is 1.85 bits per heavy atom. The average molecular weight is 208 g/mol.